The molecule has 3 rings (SSSR count). The maximum Gasteiger partial charge on any atom is 0.325 e. The number of carbonyl (C=O) groups excluding carboxylic acids is 3. The number of ether oxygens (including phenoxy) is 1. The van der Waals surface area contributed by atoms with Gasteiger partial charge in [-0.3, -0.25) is 14.5 Å². The van der Waals surface area contributed by atoms with Crippen molar-refractivity contribution >= 4 is 17.8 Å². The first kappa shape index (κ1) is 20.1. The minimum atomic E-state index is -0.853. The Morgan fingerprint density at radius 1 is 1.32 bits per heavy atom. The van der Waals surface area contributed by atoms with Crippen LogP contribution in [0.1, 0.15) is 57.1 Å². The maximum absolute atomic E-state index is 13.9. The Morgan fingerprint density at radius 2 is 2.04 bits per heavy atom. The molecule has 0 aromatic heterocycles. The highest BCUT2D eigenvalue weighted by molar-refractivity contribution is 6.06. The average Bonchev–Trinajstić information content (AvgIpc) is 2.95. The number of hydrogen-bond acceptors (Lipinski definition) is 4. The summed E-state index contributed by atoms with van der Waals surface area (Å²) in [6.07, 6.45) is 4.62. The molecule has 8 heteroatoms. The highest BCUT2D eigenvalue weighted by atomic mass is 19.1. The van der Waals surface area contributed by atoms with Crippen molar-refractivity contribution in [1.29, 1.82) is 0 Å². The third kappa shape index (κ3) is 4.26. The number of halogens is 1. The third-order valence-electron chi connectivity index (χ3n) is 5.43. The molecule has 0 spiro atoms. The van der Waals surface area contributed by atoms with Gasteiger partial charge in [0.15, 0.2) is 11.6 Å². The Balaban J connectivity index is 1.57. The number of carbonyl (C=O) groups is 3. The van der Waals surface area contributed by atoms with Gasteiger partial charge in [-0.15, -0.1) is 0 Å². The monoisotopic (exact) mass is 391 g/mol. The van der Waals surface area contributed by atoms with Gasteiger partial charge in [-0.25, -0.2) is 9.18 Å². The van der Waals surface area contributed by atoms with Crippen molar-refractivity contribution < 1.29 is 23.5 Å². The minimum Gasteiger partial charge on any atom is -0.494 e. The molecule has 0 unspecified atom stereocenters. The summed E-state index contributed by atoms with van der Waals surface area (Å²) in [5.74, 6) is -1.10. The fourth-order valence-corrected chi connectivity index (χ4v) is 3.89. The van der Waals surface area contributed by atoms with E-state index in [1.54, 1.807) is 13.0 Å². The fourth-order valence-electron chi connectivity index (χ4n) is 3.89. The summed E-state index contributed by atoms with van der Waals surface area (Å²) in [7, 11) is 1.38. The SMILES string of the molecule is COc1ccc([C@@H](C)NC(=O)C[C@@H]2NC(=O)N(C3CCCCC3)C2=O)cc1F. The molecule has 1 aromatic carbocycles. The maximum atomic E-state index is 13.9. The number of benzene rings is 1. The van der Waals surface area contributed by atoms with Crippen molar-refractivity contribution in [2.45, 2.75) is 63.6 Å². The van der Waals surface area contributed by atoms with E-state index in [2.05, 4.69) is 10.6 Å². The van der Waals surface area contributed by atoms with Gasteiger partial charge in [0.2, 0.25) is 5.91 Å². The molecule has 1 aliphatic carbocycles. The predicted molar refractivity (Wildman–Crippen MR) is 100 cm³/mol. The van der Waals surface area contributed by atoms with Crippen molar-refractivity contribution in [2.75, 3.05) is 7.11 Å². The van der Waals surface area contributed by atoms with E-state index in [1.807, 2.05) is 0 Å². The van der Waals surface area contributed by atoms with Crippen LogP contribution in [0.3, 0.4) is 0 Å². The number of hydrogen-bond donors (Lipinski definition) is 2. The first-order chi connectivity index (χ1) is 13.4. The zero-order valence-corrected chi connectivity index (χ0v) is 16.2. The van der Waals surface area contributed by atoms with Gasteiger partial charge in [-0.05, 0) is 37.5 Å². The Labute approximate surface area is 163 Å². The second kappa shape index (κ2) is 8.58. The largest absolute Gasteiger partial charge is 0.494 e. The van der Waals surface area contributed by atoms with Crippen LogP contribution in [0.2, 0.25) is 0 Å². The number of amides is 4. The quantitative estimate of drug-likeness (QED) is 0.730. The lowest BCUT2D eigenvalue weighted by atomic mass is 9.94. The summed E-state index contributed by atoms with van der Waals surface area (Å²) >= 11 is 0. The molecule has 1 aromatic rings. The van der Waals surface area contributed by atoms with Gasteiger partial charge >= 0.3 is 6.03 Å². The van der Waals surface area contributed by atoms with E-state index in [1.165, 1.54) is 24.1 Å². The van der Waals surface area contributed by atoms with Gasteiger partial charge < -0.3 is 15.4 Å². The molecule has 2 N–H and O–H groups in total. The molecule has 152 valence electrons. The Kier molecular flexibility index (Phi) is 6.16. The molecule has 0 bridgehead atoms. The minimum absolute atomic E-state index is 0.0736. The highest BCUT2D eigenvalue weighted by Gasteiger charge is 2.42. The van der Waals surface area contributed by atoms with Crippen LogP contribution in [0.4, 0.5) is 9.18 Å². The van der Waals surface area contributed by atoms with Crippen molar-refractivity contribution in [3.63, 3.8) is 0 Å². The first-order valence-corrected chi connectivity index (χ1v) is 9.67. The molecule has 2 atom stereocenters. The van der Waals surface area contributed by atoms with Crippen LogP contribution in [-0.2, 0) is 9.59 Å². The van der Waals surface area contributed by atoms with E-state index in [4.69, 9.17) is 4.74 Å². The van der Waals surface area contributed by atoms with E-state index in [9.17, 15) is 18.8 Å². The molecule has 0 radical (unpaired) electrons. The average molecular weight is 391 g/mol. The molecular weight excluding hydrogens is 365 g/mol. The summed E-state index contributed by atoms with van der Waals surface area (Å²) in [6.45, 7) is 1.72. The summed E-state index contributed by atoms with van der Waals surface area (Å²) in [5.41, 5.74) is 0.581. The van der Waals surface area contributed by atoms with Crippen molar-refractivity contribution in [3.05, 3.63) is 29.6 Å². The summed E-state index contributed by atoms with van der Waals surface area (Å²) in [6, 6.07) is 2.67. The highest BCUT2D eigenvalue weighted by Crippen LogP contribution is 2.26. The first-order valence-electron chi connectivity index (χ1n) is 9.67. The Morgan fingerprint density at radius 3 is 2.68 bits per heavy atom. The van der Waals surface area contributed by atoms with E-state index < -0.39 is 23.9 Å². The molecule has 2 fully saturated rings. The summed E-state index contributed by atoms with van der Waals surface area (Å²) < 4.78 is 18.7. The molecule has 28 heavy (non-hydrogen) atoms. The lowest BCUT2D eigenvalue weighted by Crippen LogP contribution is -2.42. The van der Waals surface area contributed by atoms with E-state index in [0.29, 0.717) is 5.56 Å². The van der Waals surface area contributed by atoms with Crippen LogP contribution in [0.15, 0.2) is 18.2 Å². The molecule has 2 aliphatic rings. The molecule has 1 saturated heterocycles. The molecule has 4 amide bonds. The number of imide groups is 1. The van der Waals surface area contributed by atoms with E-state index in [-0.39, 0.29) is 30.0 Å². The summed E-state index contributed by atoms with van der Waals surface area (Å²) in [5, 5.41) is 5.37. The van der Waals surface area contributed by atoms with Crippen LogP contribution >= 0.6 is 0 Å². The van der Waals surface area contributed by atoms with Gasteiger partial charge in [-0.1, -0.05) is 25.3 Å². The number of rotatable bonds is 6. The van der Waals surface area contributed by atoms with Crippen molar-refractivity contribution in [2.24, 2.45) is 0 Å². The molecule has 7 nitrogen and oxygen atoms in total. The lowest BCUT2D eigenvalue weighted by Gasteiger charge is -2.28. The van der Waals surface area contributed by atoms with Crippen LogP contribution in [0.25, 0.3) is 0 Å². The zero-order chi connectivity index (χ0) is 20.3. The van der Waals surface area contributed by atoms with Crippen LogP contribution in [0.5, 0.6) is 5.75 Å². The molecule has 1 aliphatic heterocycles. The number of nitrogens with zero attached hydrogens (tertiary/aromatic N) is 1. The van der Waals surface area contributed by atoms with E-state index >= 15 is 0 Å². The van der Waals surface area contributed by atoms with Gasteiger partial charge in [0.1, 0.15) is 6.04 Å². The fraction of sp³-hybridized carbons (Fsp3) is 0.550. The standard InChI is InChI=1S/C20H26FN3O4/c1-12(13-8-9-17(28-2)15(21)10-13)22-18(25)11-16-19(26)24(20(27)23-16)14-6-4-3-5-7-14/h8-10,12,14,16H,3-7,11H2,1-2H3,(H,22,25)(H,23,27)/t12-,16+/m1/s1. The molecule has 1 saturated carbocycles. The van der Waals surface area contributed by atoms with Crippen LogP contribution in [-0.4, -0.2) is 41.9 Å². The second-order valence-corrected chi connectivity index (χ2v) is 7.39. The van der Waals surface area contributed by atoms with Gasteiger partial charge in [0, 0.05) is 6.04 Å². The van der Waals surface area contributed by atoms with E-state index in [0.717, 1.165) is 32.1 Å². The number of methoxy groups -OCH3 is 1. The van der Waals surface area contributed by atoms with Crippen LogP contribution in [0, 0.1) is 5.82 Å². The van der Waals surface area contributed by atoms with Crippen molar-refractivity contribution in [1.82, 2.24) is 15.5 Å². The molecule has 1 heterocycles. The number of nitrogens with one attached hydrogen (secondary N) is 2. The second-order valence-electron chi connectivity index (χ2n) is 7.39. The molecular formula is C20H26FN3O4. The van der Waals surface area contributed by atoms with Gasteiger partial charge in [0.05, 0.1) is 19.6 Å². The zero-order valence-electron chi connectivity index (χ0n) is 16.2. The van der Waals surface area contributed by atoms with Crippen molar-refractivity contribution in [3.8, 4) is 5.75 Å². The lowest BCUT2D eigenvalue weighted by molar-refractivity contribution is -0.132. The Hall–Kier alpha value is -2.64. The smallest absolute Gasteiger partial charge is 0.325 e. The van der Waals surface area contributed by atoms with Gasteiger partial charge in [0.25, 0.3) is 5.91 Å². The van der Waals surface area contributed by atoms with Crippen LogP contribution < -0.4 is 15.4 Å². The summed E-state index contributed by atoms with van der Waals surface area (Å²) in [4.78, 5) is 38.5. The van der Waals surface area contributed by atoms with Gasteiger partial charge in [-0.2, -0.15) is 0 Å². The third-order valence-corrected chi connectivity index (χ3v) is 5.43. The normalized spacial score (nSPS) is 21.4. The predicted octanol–water partition coefficient (Wildman–Crippen LogP) is 2.65. The topological polar surface area (TPSA) is 87.7 Å². The number of urea groups is 1. The Bertz CT molecular complexity index is 764.